The molecule has 0 aliphatic heterocycles. The lowest BCUT2D eigenvalue weighted by molar-refractivity contribution is 0.0740. The van der Waals surface area contributed by atoms with Crippen molar-refractivity contribution in [3.63, 3.8) is 0 Å². The standard InChI is InChI=1S/C12H26BrNO2/c1-12(11-16-3)14(9-10-15-2)8-6-4-5-7-13/h12H,4-11H2,1-3H3. The zero-order valence-corrected chi connectivity index (χ0v) is 12.5. The van der Waals surface area contributed by atoms with Crippen molar-refractivity contribution in [1.82, 2.24) is 4.90 Å². The molecule has 0 fully saturated rings. The van der Waals surface area contributed by atoms with Gasteiger partial charge >= 0.3 is 0 Å². The van der Waals surface area contributed by atoms with Crippen LogP contribution in [0.1, 0.15) is 26.2 Å². The molecule has 0 spiro atoms. The van der Waals surface area contributed by atoms with Gasteiger partial charge in [-0.25, -0.2) is 0 Å². The average molecular weight is 296 g/mol. The largest absolute Gasteiger partial charge is 0.383 e. The molecule has 0 amide bonds. The molecule has 0 N–H and O–H groups in total. The molecule has 0 aliphatic rings. The molecule has 16 heavy (non-hydrogen) atoms. The van der Waals surface area contributed by atoms with Crippen molar-refractivity contribution in [2.75, 3.05) is 45.9 Å². The lowest BCUT2D eigenvalue weighted by Crippen LogP contribution is -2.39. The Morgan fingerprint density at radius 2 is 1.81 bits per heavy atom. The number of ether oxygens (including phenoxy) is 2. The van der Waals surface area contributed by atoms with Crippen LogP contribution in [0.2, 0.25) is 0 Å². The first-order valence-corrected chi connectivity index (χ1v) is 7.16. The minimum Gasteiger partial charge on any atom is -0.383 e. The van der Waals surface area contributed by atoms with Crippen LogP contribution in [-0.2, 0) is 9.47 Å². The van der Waals surface area contributed by atoms with E-state index in [1.54, 1.807) is 14.2 Å². The maximum Gasteiger partial charge on any atom is 0.0615 e. The summed E-state index contributed by atoms with van der Waals surface area (Å²) >= 11 is 3.46. The first-order valence-electron chi connectivity index (χ1n) is 6.04. The van der Waals surface area contributed by atoms with Crippen molar-refractivity contribution in [2.45, 2.75) is 32.2 Å². The Kier molecular flexibility index (Phi) is 12.1. The van der Waals surface area contributed by atoms with Gasteiger partial charge in [0.15, 0.2) is 0 Å². The molecular weight excluding hydrogens is 270 g/mol. The van der Waals surface area contributed by atoms with Crippen molar-refractivity contribution >= 4 is 15.9 Å². The number of methoxy groups -OCH3 is 2. The van der Waals surface area contributed by atoms with Crippen LogP contribution in [0.4, 0.5) is 0 Å². The van der Waals surface area contributed by atoms with Gasteiger partial charge in [0.05, 0.1) is 13.2 Å². The summed E-state index contributed by atoms with van der Waals surface area (Å²) in [7, 11) is 3.51. The molecular formula is C12H26BrNO2. The van der Waals surface area contributed by atoms with Gasteiger partial charge in [-0.3, -0.25) is 4.90 Å². The third-order valence-electron chi connectivity index (χ3n) is 2.69. The monoisotopic (exact) mass is 295 g/mol. The van der Waals surface area contributed by atoms with Gasteiger partial charge in [-0.15, -0.1) is 0 Å². The van der Waals surface area contributed by atoms with Crippen molar-refractivity contribution in [3.05, 3.63) is 0 Å². The summed E-state index contributed by atoms with van der Waals surface area (Å²) < 4.78 is 10.3. The third-order valence-corrected chi connectivity index (χ3v) is 3.25. The third kappa shape index (κ3) is 8.50. The highest BCUT2D eigenvalue weighted by Crippen LogP contribution is 2.05. The smallest absolute Gasteiger partial charge is 0.0615 e. The fraction of sp³-hybridized carbons (Fsp3) is 1.00. The summed E-state index contributed by atoms with van der Waals surface area (Å²) in [4.78, 5) is 2.45. The topological polar surface area (TPSA) is 21.7 Å². The molecule has 0 aliphatic carbocycles. The molecule has 0 aromatic carbocycles. The van der Waals surface area contributed by atoms with E-state index < -0.39 is 0 Å². The SMILES string of the molecule is COCCN(CCCCCBr)C(C)COC. The zero-order valence-electron chi connectivity index (χ0n) is 10.9. The second kappa shape index (κ2) is 11.8. The van der Waals surface area contributed by atoms with Gasteiger partial charge < -0.3 is 9.47 Å². The summed E-state index contributed by atoms with van der Waals surface area (Å²) in [6.45, 7) is 5.94. The molecule has 0 saturated heterocycles. The molecule has 1 unspecified atom stereocenters. The fourth-order valence-corrected chi connectivity index (χ4v) is 2.09. The van der Waals surface area contributed by atoms with Crippen LogP contribution in [0.15, 0.2) is 0 Å². The Bertz CT molecular complexity index is 147. The van der Waals surface area contributed by atoms with Crippen molar-refractivity contribution in [1.29, 1.82) is 0 Å². The van der Waals surface area contributed by atoms with Gasteiger partial charge in [0.1, 0.15) is 0 Å². The highest BCUT2D eigenvalue weighted by atomic mass is 79.9. The first kappa shape index (κ1) is 16.4. The predicted molar refractivity (Wildman–Crippen MR) is 72.4 cm³/mol. The molecule has 1 atom stereocenters. The van der Waals surface area contributed by atoms with Crippen LogP contribution >= 0.6 is 15.9 Å². The molecule has 3 nitrogen and oxygen atoms in total. The maximum absolute atomic E-state index is 5.20. The van der Waals surface area contributed by atoms with Gasteiger partial charge in [-0.1, -0.05) is 22.4 Å². The molecule has 0 saturated carbocycles. The van der Waals surface area contributed by atoms with Crippen LogP contribution in [-0.4, -0.2) is 56.8 Å². The Morgan fingerprint density at radius 1 is 1.06 bits per heavy atom. The van der Waals surface area contributed by atoms with Gasteiger partial charge in [-0.05, 0) is 26.3 Å². The zero-order chi connectivity index (χ0) is 12.2. The number of hydrogen-bond acceptors (Lipinski definition) is 3. The summed E-state index contributed by atoms with van der Waals surface area (Å²) in [5.41, 5.74) is 0. The van der Waals surface area contributed by atoms with Crippen molar-refractivity contribution < 1.29 is 9.47 Å². The highest BCUT2D eigenvalue weighted by molar-refractivity contribution is 9.09. The highest BCUT2D eigenvalue weighted by Gasteiger charge is 2.12. The minimum atomic E-state index is 0.476. The number of alkyl halides is 1. The molecule has 0 heterocycles. The van der Waals surface area contributed by atoms with Crippen LogP contribution in [0.5, 0.6) is 0 Å². The Labute approximate surface area is 109 Å². The summed E-state index contributed by atoms with van der Waals surface area (Å²) in [6, 6.07) is 0.476. The molecule has 0 bridgehead atoms. The van der Waals surface area contributed by atoms with E-state index in [1.165, 1.54) is 19.3 Å². The van der Waals surface area contributed by atoms with Gasteiger partial charge in [-0.2, -0.15) is 0 Å². The lowest BCUT2D eigenvalue weighted by atomic mass is 10.2. The fourth-order valence-electron chi connectivity index (χ4n) is 1.69. The molecule has 0 aromatic rings. The maximum atomic E-state index is 5.20. The summed E-state index contributed by atoms with van der Waals surface area (Å²) in [6.07, 6.45) is 3.80. The van der Waals surface area contributed by atoms with E-state index in [0.29, 0.717) is 6.04 Å². The van der Waals surface area contributed by atoms with Crippen LogP contribution in [0, 0.1) is 0 Å². The van der Waals surface area contributed by atoms with Crippen molar-refractivity contribution in [2.24, 2.45) is 0 Å². The van der Waals surface area contributed by atoms with E-state index in [2.05, 4.69) is 27.8 Å². The second-order valence-electron chi connectivity index (χ2n) is 4.08. The minimum absolute atomic E-state index is 0.476. The summed E-state index contributed by atoms with van der Waals surface area (Å²) in [5, 5.41) is 1.11. The number of rotatable bonds is 11. The summed E-state index contributed by atoms with van der Waals surface area (Å²) in [5.74, 6) is 0. The molecule has 4 heteroatoms. The molecule has 0 radical (unpaired) electrons. The Balaban J connectivity index is 3.79. The first-order chi connectivity index (χ1) is 7.76. The van der Waals surface area contributed by atoms with E-state index in [4.69, 9.17) is 9.47 Å². The number of hydrogen-bond donors (Lipinski definition) is 0. The van der Waals surface area contributed by atoms with Crippen LogP contribution in [0.25, 0.3) is 0 Å². The normalized spacial score (nSPS) is 13.3. The van der Waals surface area contributed by atoms with E-state index >= 15 is 0 Å². The number of unbranched alkanes of at least 4 members (excludes halogenated alkanes) is 2. The predicted octanol–water partition coefficient (Wildman–Crippen LogP) is 2.53. The Hall–Kier alpha value is 0.360. The van der Waals surface area contributed by atoms with E-state index in [0.717, 1.165) is 31.6 Å². The van der Waals surface area contributed by atoms with Gasteiger partial charge in [0, 0.05) is 32.1 Å². The second-order valence-corrected chi connectivity index (χ2v) is 4.88. The van der Waals surface area contributed by atoms with Crippen molar-refractivity contribution in [3.8, 4) is 0 Å². The molecule has 0 rings (SSSR count). The van der Waals surface area contributed by atoms with Crippen LogP contribution < -0.4 is 0 Å². The van der Waals surface area contributed by atoms with Gasteiger partial charge in [0.25, 0.3) is 0 Å². The number of nitrogens with zero attached hydrogens (tertiary/aromatic N) is 1. The molecule has 0 aromatic heterocycles. The van der Waals surface area contributed by atoms with Gasteiger partial charge in [0.2, 0.25) is 0 Å². The average Bonchev–Trinajstić information content (AvgIpc) is 2.28. The Morgan fingerprint density at radius 3 is 2.38 bits per heavy atom. The quantitative estimate of drug-likeness (QED) is 0.432. The number of halogens is 1. The molecule has 98 valence electrons. The van der Waals surface area contributed by atoms with E-state index in [-0.39, 0.29) is 0 Å². The lowest BCUT2D eigenvalue weighted by Gasteiger charge is -2.28. The van der Waals surface area contributed by atoms with E-state index in [1.807, 2.05) is 0 Å². The van der Waals surface area contributed by atoms with Crippen LogP contribution in [0.3, 0.4) is 0 Å². The van der Waals surface area contributed by atoms with E-state index in [9.17, 15) is 0 Å².